The summed E-state index contributed by atoms with van der Waals surface area (Å²) in [6.45, 7) is 0. The van der Waals surface area contributed by atoms with Crippen LogP contribution in [0.25, 0.3) is 27.1 Å². The van der Waals surface area contributed by atoms with Crippen LogP contribution in [0, 0.1) is 0 Å². The molecule has 0 atom stereocenters. The highest BCUT2D eigenvalue weighted by atomic mass is 35.5. The monoisotopic (exact) mass is 384 g/mol. The predicted molar refractivity (Wildman–Crippen MR) is 91.3 cm³/mol. The van der Waals surface area contributed by atoms with Crippen LogP contribution in [0.15, 0.2) is 24.4 Å². The Morgan fingerprint density at radius 1 is 1.04 bits per heavy atom. The van der Waals surface area contributed by atoms with Gasteiger partial charge in [-0.15, -0.1) is 10.2 Å². The highest BCUT2D eigenvalue weighted by Gasteiger charge is 2.19. The first kappa shape index (κ1) is 14.9. The number of nitrogens with zero attached hydrogens (tertiary/aromatic N) is 6. The van der Waals surface area contributed by atoms with Gasteiger partial charge < -0.3 is 0 Å². The van der Waals surface area contributed by atoms with Crippen molar-refractivity contribution in [2.75, 3.05) is 0 Å². The molecule has 0 aliphatic heterocycles. The van der Waals surface area contributed by atoms with Crippen LogP contribution in [0.2, 0.25) is 15.1 Å². The SMILES string of the molecule is Cn1ncc(Cl)c1-c1nnc2sc(-c3cc(Cl)cc(Cl)c3)nn12. The number of benzene rings is 1. The van der Waals surface area contributed by atoms with Crippen LogP contribution in [0.4, 0.5) is 0 Å². The van der Waals surface area contributed by atoms with Crippen molar-refractivity contribution in [2.24, 2.45) is 7.05 Å². The molecule has 0 aliphatic carbocycles. The van der Waals surface area contributed by atoms with Gasteiger partial charge in [0.25, 0.3) is 0 Å². The third-order valence-corrected chi connectivity index (χ3v) is 4.87. The molecular weight excluding hydrogens is 379 g/mol. The van der Waals surface area contributed by atoms with Crippen LogP contribution in [-0.2, 0) is 7.05 Å². The lowest BCUT2D eigenvalue weighted by molar-refractivity contribution is 0.764. The summed E-state index contributed by atoms with van der Waals surface area (Å²) in [5.74, 6) is 0.528. The van der Waals surface area contributed by atoms with Gasteiger partial charge in [0.1, 0.15) is 10.7 Å². The van der Waals surface area contributed by atoms with Gasteiger partial charge in [-0.3, -0.25) is 4.68 Å². The van der Waals surface area contributed by atoms with E-state index in [0.717, 1.165) is 10.6 Å². The zero-order valence-corrected chi connectivity index (χ0v) is 14.6. The summed E-state index contributed by atoms with van der Waals surface area (Å²) in [4.78, 5) is 0.642. The smallest absolute Gasteiger partial charge is 0.235 e. The maximum Gasteiger partial charge on any atom is 0.235 e. The lowest BCUT2D eigenvalue weighted by atomic mass is 10.2. The van der Waals surface area contributed by atoms with E-state index in [9.17, 15) is 0 Å². The fourth-order valence-electron chi connectivity index (χ4n) is 2.22. The van der Waals surface area contributed by atoms with Crippen molar-refractivity contribution in [1.29, 1.82) is 0 Å². The zero-order chi connectivity index (χ0) is 16.1. The largest absolute Gasteiger partial charge is 0.263 e. The Balaban J connectivity index is 1.90. The Kier molecular flexibility index (Phi) is 3.53. The molecule has 0 saturated carbocycles. The minimum Gasteiger partial charge on any atom is -0.263 e. The second kappa shape index (κ2) is 5.45. The van der Waals surface area contributed by atoms with Crippen molar-refractivity contribution < 1.29 is 0 Å². The van der Waals surface area contributed by atoms with Crippen LogP contribution in [-0.4, -0.2) is 29.6 Å². The quantitative estimate of drug-likeness (QED) is 0.518. The van der Waals surface area contributed by atoms with E-state index in [1.165, 1.54) is 11.3 Å². The molecule has 0 unspecified atom stereocenters. The molecule has 0 N–H and O–H groups in total. The summed E-state index contributed by atoms with van der Waals surface area (Å²) in [7, 11) is 1.78. The van der Waals surface area contributed by atoms with E-state index in [-0.39, 0.29) is 0 Å². The van der Waals surface area contributed by atoms with Gasteiger partial charge in [0.05, 0.1) is 11.2 Å². The second-order valence-corrected chi connectivity index (χ2v) is 6.98. The maximum atomic E-state index is 6.18. The molecule has 0 fully saturated rings. The standard InChI is InChI=1S/C13H7Cl3N6S/c1-21-10(9(16)5-17-21)11-18-19-13-22(11)20-12(23-13)6-2-7(14)4-8(15)3-6/h2-5H,1H3. The number of rotatable bonds is 2. The summed E-state index contributed by atoms with van der Waals surface area (Å²) in [5.41, 5.74) is 1.47. The van der Waals surface area contributed by atoms with E-state index in [1.807, 2.05) is 0 Å². The van der Waals surface area contributed by atoms with E-state index in [2.05, 4.69) is 20.4 Å². The summed E-state index contributed by atoms with van der Waals surface area (Å²) < 4.78 is 3.27. The van der Waals surface area contributed by atoms with E-state index in [4.69, 9.17) is 34.8 Å². The maximum absolute atomic E-state index is 6.18. The lowest BCUT2D eigenvalue weighted by Gasteiger charge is -1.99. The van der Waals surface area contributed by atoms with Crippen molar-refractivity contribution in [2.45, 2.75) is 0 Å². The number of aryl methyl sites for hydroxylation is 1. The average Bonchev–Trinajstić information content (AvgIpc) is 3.13. The third-order valence-electron chi connectivity index (χ3n) is 3.21. The molecule has 0 amide bonds. The van der Waals surface area contributed by atoms with Crippen LogP contribution in [0.1, 0.15) is 0 Å². The number of fused-ring (bicyclic) bond motifs is 1. The molecule has 3 aromatic heterocycles. The summed E-state index contributed by atoms with van der Waals surface area (Å²) >= 11 is 19.7. The molecule has 116 valence electrons. The van der Waals surface area contributed by atoms with Gasteiger partial charge in [-0.05, 0) is 18.2 Å². The van der Waals surface area contributed by atoms with E-state index < -0.39 is 0 Å². The molecule has 0 radical (unpaired) electrons. The molecule has 1 aromatic carbocycles. The first-order chi connectivity index (χ1) is 11.0. The summed E-state index contributed by atoms with van der Waals surface area (Å²) in [6.07, 6.45) is 1.56. The normalized spacial score (nSPS) is 11.5. The Morgan fingerprint density at radius 3 is 2.43 bits per heavy atom. The zero-order valence-electron chi connectivity index (χ0n) is 11.5. The van der Waals surface area contributed by atoms with E-state index in [1.54, 1.807) is 40.6 Å². The van der Waals surface area contributed by atoms with Crippen molar-refractivity contribution >= 4 is 51.1 Å². The van der Waals surface area contributed by atoms with E-state index >= 15 is 0 Å². The minimum absolute atomic E-state index is 0.488. The summed E-state index contributed by atoms with van der Waals surface area (Å²) in [5, 5.41) is 19.3. The highest BCUT2D eigenvalue weighted by Crippen LogP contribution is 2.32. The van der Waals surface area contributed by atoms with Gasteiger partial charge in [-0.1, -0.05) is 46.1 Å². The minimum atomic E-state index is 0.488. The first-order valence-electron chi connectivity index (χ1n) is 6.39. The lowest BCUT2D eigenvalue weighted by Crippen LogP contribution is -1.99. The fourth-order valence-corrected chi connectivity index (χ4v) is 3.82. The molecule has 0 spiro atoms. The van der Waals surface area contributed by atoms with Gasteiger partial charge in [-0.25, -0.2) is 0 Å². The molecule has 6 nitrogen and oxygen atoms in total. The van der Waals surface area contributed by atoms with Gasteiger partial charge in [0.15, 0.2) is 0 Å². The van der Waals surface area contributed by atoms with E-state index in [0.29, 0.717) is 31.5 Å². The summed E-state index contributed by atoms with van der Waals surface area (Å²) in [6, 6.07) is 5.28. The van der Waals surface area contributed by atoms with Crippen molar-refractivity contribution in [3.05, 3.63) is 39.5 Å². The number of aromatic nitrogens is 6. The third kappa shape index (κ3) is 2.49. The Morgan fingerprint density at radius 2 is 1.78 bits per heavy atom. The van der Waals surface area contributed by atoms with Crippen LogP contribution >= 0.6 is 46.1 Å². The Bertz CT molecular complexity index is 994. The van der Waals surface area contributed by atoms with Crippen molar-refractivity contribution in [1.82, 2.24) is 29.6 Å². The average molecular weight is 386 g/mol. The fraction of sp³-hybridized carbons (Fsp3) is 0.0769. The second-order valence-electron chi connectivity index (χ2n) is 4.75. The Labute approximate surface area is 149 Å². The molecule has 0 bridgehead atoms. The van der Waals surface area contributed by atoms with Crippen molar-refractivity contribution in [3.8, 4) is 22.1 Å². The van der Waals surface area contributed by atoms with Crippen LogP contribution in [0.5, 0.6) is 0 Å². The molecule has 10 heteroatoms. The molecule has 23 heavy (non-hydrogen) atoms. The van der Waals surface area contributed by atoms with Crippen molar-refractivity contribution in [3.63, 3.8) is 0 Å². The Hall–Kier alpha value is -1.67. The molecule has 0 saturated heterocycles. The molecule has 4 rings (SSSR count). The molecule has 3 heterocycles. The van der Waals surface area contributed by atoms with Gasteiger partial charge >= 0.3 is 0 Å². The van der Waals surface area contributed by atoms with Gasteiger partial charge in [0.2, 0.25) is 10.8 Å². The van der Waals surface area contributed by atoms with Crippen LogP contribution in [0.3, 0.4) is 0 Å². The van der Waals surface area contributed by atoms with Crippen LogP contribution < -0.4 is 0 Å². The highest BCUT2D eigenvalue weighted by molar-refractivity contribution is 7.19. The number of hydrogen-bond donors (Lipinski definition) is 0. The predicted octanol–water partition coefficient (Wildman–Crippen LogP) is 4.21. The molecule has 0 aliphatic rings. The number of hydrogen-bond acceptors (Lipinski definition) is 5. The van der Waals surface area contributed by atoms with Gasteiger partial charge in [0, 0.05) is 22.7 Å². The number of halogens is 3. The first-order valence-corrected chi connectivity index (χ1v) is 8.34. The molecular formula is C13H7Cl3N6S. The molecule has 4 aromatic rings. The topological polar surface area (TPSA) is 60.9 Å². The van der Waals surface area contributed by atoms with Gasteiger partial charge in [-0.2, -0.15) is 14.7 Å².